The lowest BCUT2D eigenvalue weighted by Crippen LogP contribution is -2.34. The van der Waals surface area contributed by atoms with Crippen molar-refractivity contribution in [1.29, 1.82) is 0 Å². The number of carbonyl (C=O) groups excluding carboxylic acids is 3. The van der Waals surface area contributed by atoms with E-state index in [0.29, 0.717) is 41.8 Å². The van der Waals surface area contributed by atoms with Crippen molar-refractivity contribution in [1.82, 2.24) is 4.90 Å². The first-order chi connectivity index (χ1) is 17.1. The molecule has 1 atom stereocenters. The third kappa shape index (κ3) is 5.14. The summed E-state index contributed by atoms with van der Waals surface area (Å²) in [5, 5.41) is 4.58. The Hall–Kier alpha value is -3.85. The number of carbonyl (C=O) groups is 3. The molecule has 2 aliphatic rings. The normalized spacial score (nSPS) is 16.6. The van der Waals surface area contributed by atoms with Crippen LogP contribution in [0.1, 0.15) is 44.5 Å². The predicted octanol–water partition coefficient (Wildman–Crippen LogP) is 4.29. The summed E-state index contributed by atoms with van der Waals surface area (Å²) in [7, 11) is 0. The van der Waals surface area contributed by atoms with E-state index >= 15 is 0 Å². The van der Waals surface area contributed by atoms with Gasteiger partial charge in [-0.2, -0.15) is 0 Å². The van der Waals surface area contributed by atoms with Gasteiger partial charge in [0.15, 0.2) is 18.1 Å². The fraction of sp³-hybridized carbons (Fsp3) is 0.269. The molecule has 0 aliphatic carbocycles. The van der Waals surface area contributed by atoms with Crippen molar-refractivity contribution in [2.75, 3.05) is 31.7 Å². The molecule has 0 spiro atoms. The molecule has 0 radical (unpaired) electrons. The zero-order chi connectivity index (χ0) is 24.2. The second-order valence-corrected chi connectivity index (χ2v) is 9.18. The summed E-state index contributed by atoms with van der Waals surface area (Å²) in [6, 6.07) is 15.6. The minimum atomic E-state index is -0.624. The maximum atomic E-state index is 12.9. The topological polar surface area (TPSA) is 94.2 Å². The number of thiophene rings is 1. The molecule has 180 valence electrons. The molecule has 3 aromatic rings. The smallest absolute Gasteiger partial charge is 0.338 e. The van der Waals surface area contributed by atoms with Gasteiger partial charge in [0, 0.05) is 12.2 Å². The van der Waals surface area contributed by atoms with Crippen LogP contribution in [-0.4, -0.2) is 49.0 Å². The van der Waals surface area contributed by atoms with Crippen LogP contribution in [0.3, 0.4) is 0 Å². The molecule has 0 bridgehead atoms. The molecule has 0 saturated carbocycles. The summed E-state index contributed by atoms with van der Waals surface area (Å²) in [4.78, 5) is 40.1. The van der Waals surface area contributed by atoms with Gasteiger partial charge in [-0.3, -0.25) is 9.59 Å². The summed E-state index contributed by atoms with van der Waals surface area (Å²) < 4.78 is 16.6. The van der Waals surface area contributed by atoms with Crippen LogP contribution in [0.2, 0.25) is 0 Å². The highest BCUT2D eigenvalue weighted by Crippen LogP contribution is 2.38. The number of nitrogens with zero attached hydrogens (tertiary/aromatic N) is 1. The number of rotatable bonds is 6. The van der Waals surface area contributed by atoms with E-state index in [4.69, 9.17) is 14.2 Å². The molecule has 1 saturated heterocycles. The van der Waals surface area contributed by atoms with Crippen molar-refractivity contribution < 1.29 is 28.6 Å². The highest BCUT2D eigenvalue weighted by molar-refractivity contribution is 7.12. The lowest BCUT2D eigenvalue weighted by atomic mass is 10.0. The van der Waals surface area contributed by atoms with Crippen LogP contribution >= 0.6 is 11.3 Å². The minimum Gasteiger partial charge on any atom is -0.486 e. The number of amides is 2. The van der Waals surface area contributed by atoms with Gasteiger partial charge in [0.05, 0.1) is 16.5 Å². The van der Waals surface area contributed by atoms with Gasteiger partial charge in [-0.25, -0.2) is 4.79 Å². The standard InChI is InChI=1S/C26H24N2O6S/c29-24(28-10-2-6-20(28)17-8-9-21-22(15-17)33-12-11-32-21)16-34-26(31)18-4-1-5-19(14-18)27-25(30)23-7-3-13-35-23/h1,3-5,7-9,13-15,20H,2,6,10-12,16H2,(H,27,30). The molecule has 8 nitrogen and oxygen atoms in total. The Morgan fingerprint density at radius 1 is 1.03 bits per heavy atom. The van der Waals surface area contributed by atoms with Gasteiger partial charge in [-0.05, 0) is 60.2 Å². The summed E-state index contributed by atoms with van der Waals surface area (Å²) >= 11 is 1.33. The second kappa shape index (κ2) is 10.2. The number of esters is 1. The number of anilines is 1. The lowest BCUT2D eigenvalue weighted by Gasteiger charge is -2.26. The van der Waals surface area contributed by atoms with E-state index in [-0.39, 0.29) is 30.0 Å². The average Bonchev–Trinajstić information content (AvgIpc) is 3.60. The van der Waals surface area contributed by atoms with Crippen LogP contribution in [-0.2, 0) is 9.53 Å². The molecule has 35 heavy (non-hydrogen) atoms. The minimum absolute atomic E-state index is 0.104. The Kier molecular flexibility index (Phi) is 6.67. The quantitative estimate of drug-likeness (QED) is 0.516. The molecule has 1 N–H and O–H groups in total. The summed E-state index contributed by atoms with van der Waals surface area (Å²) in [6.07, 6.45) is 1.69. The van der Waals surface area contributed by atoms with Gasteiger partial charge >= 0.3 is 5.97 Å². The van der Waals surface area contributed by atoms with Gasteiger partial charge < -0.3 is 24.4 Å². The zero-order valence-electron chi connectivity index (χ0n) is 18.9. The van der Waals surface area contributed by atoms with Crippen molar-refractivity contribution in [3.05, 3.63) is 76.0 Å². The van der Waals surface area contributed by atoms with E-state index in [1.165, 1.54) is 17.4 Å². The van der Waals surface area contributed by atoms with Crippen LogP contribution < -0.4 is 14.8 Å². The van der Waals surface area contributed by atoms with Crippen molar-refractivity contribution in [3.8, 4) is 11.5 Å². The van der Waals surface area contributed by atoms with Crippen LogP contribution in [0.4, 0.5) is 5.69 Å². The second-order valence-electron chi connectivity index (χ2n) is 8.24. The molecular formula is C26H24N2O6S. The van der Waals surface area contributed by atoms with Gasteiger partial charge in [0.25, 0.3) is 11.8 Å². The first-order valence-corrected chi connectivity index (χ1v) is 12.3. The third-order valence-electron chi connectivity index (χ3n) is 5.95. The first-order valence-electron chi connectivity index (χ1n) is 11.4. The van der Waals surface area contributed by atoms with Crippen molar-refractivity contribution in [2.24, 2.45) is 0 Å². The molecule has 9 heteroatoms. The molecule has 2 aliphatic heterocycles. The highest BCUT2D eigenvalue weighted by atomic mass is 32.1. The summed E-state index contributed by atoms with van der Waals surface area (Å²) in [6.45, 7) is 1.26. The van der Waals surface area contributed by atoms with E-state index < -0.39 is 5.97 Å². The summed E-state index contributed by atoms with van der Waals surface area (Å²) in [5.74, 6) is 0.266. The Labute approximate surface area is 206 Å². The first kappa shape index (κ1) is 22.9. The SMILES string of the molecule is O=C(OCC(=O)N1CCCC1c1ccc2c(c1)OCCO2)c1cccc(NC(=O)c2cccs2)c1. The van der Waals surface area contributed by atoms with Gasteiger partial charge in [0.1, 0.15) is 13.2 Å². The Morgan fingerprint density at radius 3 is 2.71 bits per heavy atom. The van der Waals surface area contributed by atoms with E-state index in [1.54, 1.807) is 35.2 Å². The van der Waals surface area contributed by atoms with Gasteiger partial charge in [0.2, 0.25) is 0 Å². The molecule has 3 heterocycles. The van der Waals surface area contributed by atoms with Gasteiger partial charge in [-0.15, -0.1) is 11.3 Å². The monoisotopic (exact) mass is 492 g/mol. The van der Waals surface area contributed by atoms with Crippen LogP contribution in [0.15, 0.2) is 60.0 Å². The fourth-order valence-corrected chi connectivity index (χ4v) is 4.92. The van der Waals surface area contributed by atoms with E-state index in [9.17, 15) is 14.4 Å². The third-order valence-corrected chi connectivity index (χ3v) is 6.82. The van der Waals surface area contributed by atoms with E-state index in [1.807, 2.05) is 23.6 Å². The molecule has 5 rings (SSSR count). The maximum absolute atomic E-state index is 12.9. The zero-order valence-corrected chi connectivity index (χ0v) is 19.7. The Bertz CT molecular complexity index is 1240. The molecule has 1 fully saturated rings. The Balaban J connectivity index is 1.20. The lowest BCUT2D eigenvalue weighted by molar-refractivity contribution is -0.135. The van der Waals surface area contributed by atoms with Crippen molar-refractivity contribution >= 4 is 34.8 Å². The number of hydrogen-bond acceptors (Lipinski definition) is 7. The molecule has 1 aromatic heterocycles. The highest BCUT2D eigenvalue weighted by Gasteiger charge is 2.31. The van der Waals surface area contributed by atoms with E-state index in [2.05, 4.69) is 5.32 Å². The molecule has 1 unspecified atom stereocenters. The van der Waals surface area contributed by atoms with Crippen LogP contribution in [0.25, 0.3) is 0 Å². The number of likely N-dealkylation sites (tertiary alicyclic amines) is 1. The van der Waals surface area contributed by atoms with Crippen molar-refractivity contribution in [2.45, 2.75) is 18.9 Å². The average molecular weight is 493 g/mol. The largest absolute Gasteiger partial charge is 0.486 e. The molecule has 2 amide bonds. The van der Waals surface area contributed by atoms with Gasteiger partial charge in [-0.1, -0.05) is 18.2 Å². The van der Waals surface area contributed by atoms with E-state index in [0.717, 1.165) is 18.4 Å². The Morgan fingerprint density at radius 2 is 1.89 bits per heavy atom. The molecular weight excluding hydrogens is 468 g/mol. The predicted molar refractivity (Wildman–Crippen MR) is 130 cm³/mol. The number of nitrogens with one attached hydrogen (secondary N) is 1. The number of hydrogen-bond donors (Lipinski definition) is 1. The maximum Gasteiger partial charge on any atom is 0.338 e. The van der Waals surface area contributed by atoms with Crippen molar-refractivity contribution in [3.63, 3.8) is 0 Å². The number of benzene rings is 2. The fourth-order valence-electron chi connectivity index (χ4n) is 4.30. The van der Waals surface area contributed by atoms with Crippen LogP contribution in [0, 0.1) is 0 Å². The van der Waals surface area contributed by atoms with Crippen LogP contribution in [0.5, 0.6) is 11.5 Å². The number of ether oxygens (including phenoxy) is 3. The number of fused-ring (bicyclic) bond motifs is 1. The summed E-state index contributed by atoms with van der Waals surface area (Å²) in [5.41, 5.74) is 1.70. The molecule has 2 aromatic carbocycles.